The van der Waals surface area contributed by atoms with E-state index in [0.29, 0.717) is 34.5 Å². The van der Waals surface area contributed by atoms with Crippen LogP contribution in [0.5, 0.6) is 0 Å². The van der Waals surface area contributed by atoms with Crippen LogP contribution in [-0.2, 0) is 21.2 Å². The lowest BCUT2D eigenvalue weighted by atomic mass is 10.2. The number of hydrogen-bond donors (Lipinski definition) is 2. The highest BCUT2D eigenvalue weighted by Crippen LogP contribution is 2.23. The predicted octanol–water partition coefficient (Wildman–Crippen LogP) is 4.25. The molecule has 0 radical (unpaired) electrons. The van der Waals surface area contributed by atoms with Crippen molar-refractivity contribution in [1.29, 1.82) is 0 Å². The molecule has 0 aliphatic carbocycles. The Morgan fingerprint density at radius 2 is 1.90 bits per heavy atom. The molecule has 0 atom stereocenters. The molecular formula is C20H20ClN3O4S. The number of oxazole rings is 1. The second-order valence-corrected chi connectivity index (χ2v) is 8.76. The highest BCUT2D eigenvalue weighted by molar-refractivity contribution is 7.92. The van der Waals surface area contributed by atoms with Crippen molar-refractivity contribution in [3.63, 3.8) is 0 Å². The Balaban J connectivity index is 1.59. The van der Waals surface area contributed by atoms with E-state index in [9.17, 15) is 13.2 Å². The summed E-state index contributed by atoms with van der Waals surface area (Å²) in [6.45, 7) is 1.78. The van der Waals surface area contributed by atoms with Crippen LogP contribution in [0.15, 0.2) is 53.1 Å². The lowest BCUT2D eigenvalue weighted by molar-refractivity contribution is -0.116. The SMILES string of the molecule is Cc1ccc(NC(=O)CCc2ncc(-c3ccc(Cl)cc3)o2)cc1NS(C)(=O)=O. The van der Waals surface area contributed by atoms with Crippen molar-refractivity contribution >= 4 is 38.9 Å². The fourth-order valence-electron chi connectivity index (χ4n) is 2.63. The Kier molecular flexibility index (Phi) is 6.24. The number of aryl methyl sites for hydroxylation is 2. The zero-order valence-electron chi connectivity index (χ0n) is 15.9. The minimum atomic E-state index is -3.40. The minimum absolute atomic E-state index is 0.170. The molecule has 3 aromatic rings. The monoisotopic (exact) mass is 433 g/mol. The summed E-state index contributed by atoms with van der Waals surface area (Å²) < 4.78 is 31.0. The molecule has 1 aromatic heterocycles. The van der Waals surface area contributed by atoms with Gasteiger partial charge in [-0.1, -0.05) is 17.7 Å². The van der Waals surface area contributed by atoms with E-state index in [4.69, 9.17) is 16.0 Å². The number of hydrogen-bond acceptors (Lipinski definition) is 5. The van der Waals surface area contributed by atoms with Crippen LogP contribution >= 0.6 is 11.6 Å². The van der Waals surface area contributed by atoms with Crippen molar-refractivity contribution in [2.45, 2.75) is 19.8 Å². The van der Waals surface area contributed by atoms with E-state index in [2.05, 4.69) is 15.0 Å². The van der Waals surface area contributed by atoms with Crippen LogP contribution in [0.25, 0.3) is 11.3 Å². The number of carbonyl (C=O) groups excluding carboxylic acids is 1. The number of rotatable bonds is 7. The molecule has 2 N–H and O–H groups in total. The number of anilines is 2. The Morgan fingerprint density at radius 1 is 1.17 bits per heavy atom. The smallest absolute Gasteiger partial charge is 0.229 e. The van der Waals surface area contributed by atoms with Crippen molar-refractivity contribution < 1.29 is 17.6 Å². The second kappa shape index (κ2) is 8.67. The molecule has 29 heavy (non-hydrogen) atoms. The number of aromatic nitrogens is 1. The molecule has 1 heterocycles. The van der Waals surface area contributed by atoms with Gasteiger partial charge in [0.2, 0.25) is 15.9 Å². The standard InChI is InChI=1S/C20H20ClN3O4S/c1-13-3-8-16(11-17(13)24-29(2,26)27)23-19(25)9-10-20-22-12-18(28-20)14-4-6-15(21)7-5-14/h3-8,11-12,24H,9-10H2,1-2H3,(H,23,25). The Morgan fingerprint density at radius 3 is 2.59 bits per heavy atom. The summed E-state index contributed by atoms with van der Waals surface area (Å²) in [6.07, 6.45) is 3.19. The molecule has 7 nitrogen and oxygen atoms in total. The third-order valence-corrected chi connectivity index (χ3v) is 4.91. The molecular weight excluding hydrogens is 414 g/mol. The predicted molar refractivity (Wildman–Crippen MR) is 114 cm³/mol. The maximum Gasteiger partial charge on any atom is 0.229 e. The highest BCUT2D eigenvalue weighted by atomic mass is 35.5. The molecule has 3 rings (SSSR count). The molecule has 0 aliphatic rings. The zero-order chi connectivity index (χ0) is 21.0. The largest absolute Gasteiger partial charge is 0.441 e. The van der Waals surface area contributed by atoms with Crippen molar-refractivity contribution in [3.8, 4) is 11.3 Å². The van der Waals surface area contributed by atoms with Gasteiger partial charge in [0.05, 0.1) is 18.1 Å². The van der Waals surface area contributed by atoms with E-state index in [1.165, 1.54) is 0 Å². The average molecular weight is 434 g/mol. The number of sulfonamides is 1. The van der Waals surface area contributed by atoms with Gasteiger partial charge in [-0.2, -0.15) is 0 Å². The lowest BCUT2D eigenvalue weighted by Crippen LogP contribution is -2.14. The quantitative estimate of drug-likeness (QED) is 0.580. The maximum absolute atomic E-state index is 12.2. The first kappa shape index (κ1) is 20.9. The van der Waals surface area contributed by atoms with Gasteiger partial charge < -0.3 is 9.73 Å². The number of nitrogens with one attached hydrogen (secondary N) is 2. The van der Waals surface area contributed by atoms with Crippen molar-refractivity contribution in [2.24, 2.45) is 0 Å². The summed E-state index contributed by atoms with van der Waals surface area (Å²) in [5, 5.41) is 3.39. The normalized spacial score (nSPS) is 11.3. The van der Waals surface area contributed by atoms with Gasteiger partial charge in [-0.25, -0.2) is 13.4 Å². The first-order valence-electron chi connectivity index (χ1n) is 8.78. The third-order valence-electron chi connectivity index (χ3n) is 4.06. The summed E-state index contributed by atoms with van der Waals surface area (Å²) >= 11 is 5.88. The minimum Gasteiger partial charge on any atom is -0.441 e. The van der Waals surface area contributed by atoms with Crippen molar-refractivity contribution in [3.05, 3.63) is 65.1 Å². The Labute approximate surface area is 174 Å². The number of benzene rings is 2. The number of halogens is 1. The molecule has 0 fully saturated rings. The van der Waals surface area contributed by atoms with E-state index in [1.807, 2.05) is 12.1 Å². The van der Waals surface area contributed by atoms with Crippen LogP contribution in [0.3, 0.4) is 0 Å². The molecule has 1 amide bonds. The number of nitrogens with zero attached hydrogens (tertiary/aromatic N) is 1. The molecule has 2 aromatic carbocycles. The van der Waals surface area contributed by atoms with Crippen LogP contribution in [0.1, 0.15) is 17.9 Å². The van der Waals surface area contributed by atoms with Crippen molar-refractivity contribution in [2.75, 3.05) is 16.3 Å². The molecule has 0 saturated heterocycles. The van der Waals surface area contributed by atoms with E-state index >= 15 is 0 Å². The number of amides is 1. The fourth-order valence-corrected chi connectivity index (χ4v) is 3.37. The van der Waals surface area contributed by atoms with Gasteiger partial charge in [0.15, 0.2) is 11.7 Å². The van der Waals surface area contributed by atoms with E-state index < -0.39 is 10.0 Å². The molecule has 0 saturated carbocycles. The molecule has 9 heteroatoms. The van der Waals surface area contributed by atoms with Crippen LogP contribution in [0.4, 0.5) is 11.4 Å². The summed E-state index contributed by atoms with van der Waals surface area (Å²) in [5.41, 5.74) is 2.53. The fraction of sp³-hybridized carbons (Fsp3) is 0.200. The molecule has 152 valence electrons. The topological polar surface area (TPSA) is 101 Å². The molecule has 0 aliphatic heterocycles. The highest BCUT2D eigenvalue weighted by Gasteiger charge is 2.11. The summed E-state index contributed by atoms with van der Waals surface area (Å²) in [6, 6.07) is 12.2. The first-order valence-corrected chi connectivity index (χ1v) is 11.1. The number of carbonyl (C=O) groups is 1. The average Bonchev–Trinajstić information content (AvgIpc) is 3.11. The van der Waals surface area contributed by atoms with Crippen LogP contribution in [-0.4, -0.2) is 25.6 Å². The van der Waals surface area contributed by atoms with Crippen LogP contribution in [0.2, 0.25) is 5.02 Å². The van der Waals surface area contributed by atoms with E-state index in [0.717, 1.165) is 17.4 Å². The Bertz CT molecular complexity index is 1120. The summed E-state index contributed by atoms with van der Waals surface area (Å²) in [7, 11) is -3.40. The van der Waals surface area contributed by atoms with Gasteiger partial charge in [-0.3, -0.25) is 9.52 Å². The van der Waals surface area contributed by atoms with Gasteiger partial charge in [-0.15, -0.1) is 0 Å². The van der Waals surface area contributed by atoms with Gasteiger partial charge in [-0.05, 0) is 48.9 Å². The van der Waals surface area contributed by atoms with Crippen molar-refractivity contribution in [1.82, 2.24) is 4.98 Å². The van der Waals surface area contributed by atoms with E-state index in [1.54, 1.807) is 43.5 Å². The lowest BCUT2D eigenvalue weighted by Gasteiger charge is -2.11. The first-order chi connectivity index (χ1) is 13.7. The van der Waals surface area contributed by atoms with Gasteiger partial charge in [0.1, 0.15) is 0 Å². The second-order valence-electron chi connectivity index (χ2n) is 6.58. The van der Waals surface area contributed by atoms with Crippen LogP contribution in [0, 0.1) is 6.92 Å². The molecule has 0 spiro atoms. The maximum atomic E-state index is 12.2. The Hall–Kier alpha value is -2.84. The summed E-state index contributed by atoms with van der Waals surface area (Å²) in [5.74, 6) is 0.825. The van der Waals surface area contributed by atoms with Crippen LogP contribution < -0.4 is 10.0 Å². The third kappa shape index (κ3) is 6.07. The van der Waals surface area contributed by atoms with Gasteiger partial charge >= 0.3 is 0 Å². The zero-order valence-corrected chi connectivity index (χ0v) is 17.5. The summed E-state index contributed by atoms with van der Waals surface area (Å²) in [4.78, 5) is 16.5. The van der Waals surface area contributed by atoms with E-state index in [-0.39, 0.29) is 12.3 Å². The molecule has 0 unspecified atom stereocenters. The van der Waals surface area contributed by atoms with Gasteiger partial charge in [0.25, 0.3) is 0 Å². The van der Waals surface area contributed by atoms with Gasteiger partial charge in [0, 0.05) is 29.1 Å². The molecule has 0 bridgehead atoms.